The lowest BCUT2D eigenvalue weighted by Crippen LogP contribution is -2.42. The molecule has 1 amide bonds. The molecule has 1 aromatic carbocycles. The summed E-state index contributed by atoms with van der Waals surface area (Å²) in [6.07, 6.45) is 3.24. The molecule has 0 radical (unpaired) electrons. The van der Waals surface area contributed by atoms with Crippen LogP contribution in [0.2, 0.25) is 0 Å². The van der Waals surface area contributed by atoms with Gasteiger partial charge in [0.25, 0.3) is 5.56 Å². The highest BCUT2D eigenvalue weighted by molar-refractivity contribution is 5.79. The van der Waals surface area contributed by atoms with Crippen molar-refractivity contribution in [1.82, 2.24) is 30.0 Å². The van der Waals surface area contributed by atoms with E-state index in [4.69, 9.17) is 4.52 Å². The number of hydrogen-bond donors (Lipinski definition) is 2. The highest BCUT2D eigenvalue weighted by Crippen LogP contribution is 2.23. The molecule has 10 heteroatoms. The molecule has 0 aliphatic rings. The number of rotatable bonds is 6. The first kappa shape index (κ1) is 20.2. The van der Waals surface area contributed by atoms with Crippen molar-refractivity contribution < 1.29 is 9.32 Å². The highest BCUT2D eigenvalue weighted by Gasteiger charge is 2.25. The topological polar surface area (TPSA) is 136 Å². The number of nitrogens with zero attached hydrogens (tertiary/aromatic N) is 4. The second kappa shape index (κ2) is 8.34. The molecular formula is C21H20N6O4. The SMILES string of the molecule is CC(C)C(NC(=O)Cn1c(=O)[nH]c2ccccc2c1=O)c1nc(-c2cccnc2)no1. The summed E-state index contributed by atoms with van der Waals surface area (Å²) in [6, 6.07) is 9.59. The van der Waals surface area contributed by atoms with E-state index in [2.05, 4.69) is 25.4 Å². The van der Waals surface area contributed by atoms with E-state index in [9.17, 15) is 14.4 Å². The van der Waals surface area contributed by atoms with E-state index in [1.54, 1.807) is 48.8 Å². The zero-order chi connectivity index (χ0) is 22.0. The van der Waals surface area contributed by atoms with Gasteiger partial charge in [0.05, 0.1) is 10.9 Å². The summed E-state index contributed by atoms with van der Waals surface area (Å²) in [6.45, 7) is 3.33. The first-order valence-corrected chi connectivity index (χ1v) is 9.69. The maximum atomic E-state index is 12.7. The molecule has 10 nitrogen and oxygen atoms in total. The van der Waals surface area contributed by atoms with Gasteiger partial charge >= 0.3 is 5.69 Å². The van der Waals surface area contributed by atoms with Gasteiger partial charge in [0.1, 0.15) is 12.6 Å². The molecule has 3 aromatic heterocycles. The molecular weight excluding hydrogens is 400 g/mol. The molecule has 2 N–H and O–H groups in total. The molecule has 3 heterocycles. The fraction of sp³-hybridized carbons (Fsp3) is 0.238. The molecule has 0 aliphatic heterocycles. The third-order valence-electron chi connectivity index (χ3n) is 4.80. The van der Waals surface area contributed by atoms with E-state index in [0.717, 1.165) is 4.57 Å². The minimum absolute atomic E-state index is 0.0854. The van der Waals surface area contributed by atoms with Crippen LogP contribution in [0.4, 0.5) is 0 Å². The average Bonchev–Trinajstić information content (AvgIpc) is 3.25. The molecule has 31 heavy (non-hydrogen) atoms. The lowest BCUT2D eigenvalue weighted by Gasteiger charge is -2.18. The van der Waals surface area contributed by atoms with Gasteiger partial charge in [-0.15, -0.1) is 0 Å². The summed E-state index contributed by atoms with van der Waals surface area (Å²) in [5.41, 5.74) is -0.0903. The summed E-state index contributed by atoms with van der Waals surface area (Å²) in [5.74, 6) is -0.0346. The van der Waals surface area contributed by atoms with Crippen molar-refractivity contribution in [3.8, 4) is 11.4 Å². The number of carbonyl (C=O) groups is 1. The van der Waals surface area contributed by atoms with Gasteiger partial charge in [-0.3, -0.25) is 19.1 Å². The van der Waals surface area contributed by atoms with Gasteiger partial charge in [-0.1, -0.05) is 31.1 Å². The molecule has 1 unspecified atom stereocenters. The molecule has 1 atom stereocenters. The number of amides is 1. The number of aromatic nitrogens is 5. The summed E-state index contributed by atoms with van der Waals surface area (Å²) < 4.78 is 6.22. The smallest absolute Gasteiger partial charge is 0.329 e. The van der Waals surface area contributed by atoms with Crippen LogP contribution in [-0.4, -0.2) is 30.6 Å². The van der Waals surface area contributed by atoms with Crippen LogP contribution in [0.5, 0.6) is 0 Å². The predicted octanol–water partition coefficient (Wildman–Crippen LogP) is 1.65. The Morgan fingerprint density at radius 2 is 2.00 bits per heavy atom. The second-order valence-electron chi connectivity index (χ2n) is 7.35. The van der Waals surface area contributed by atoms with Crippen molar-refractivity contribution in [2.75, 3.05) is 0 Å². The van der Waals surface area contributed by atoms with Crippen LogP contribution in [0.1, 0.15) is 25.8 Å². The van der Waals surface area contributed by atoms with Gasteiger partial charge in [0.2, 0.25) is 17.6 Å². The van der Waals surface area contributed by atoms with Crippen molar-refractivity contribution in [1.29, 1.82) is 0 Å². The number of benzene rings is 1. The van der Waals surface area contributed by atoms with Crippen LogP contribution in [0, 0.1) is 5.92 Å². The Labute approximate surface area is 176 Å². The van der Waals surface area contributed by atoms with Crippen LogP contribution in [-0.2, 0) is 11.3 Å². The van der Waals surface area contributed by atoms with Crippen molar-refractivity contribution in [3.05, 3.63) is 75.5 Å². The maximum absolute atomic E-state index is 12.7. The largest absolute Gasteiger partial charge is 0.342 e. The third kappa shape index (κ3) is 4.13. The Morgan fingerprint density at radius 3 is 2.74 bits per heavy atom. The molecule has 0 bridgehead atoms. The second-order valence-corrected chi connectivity index (χ2v) is 7.35. The number of para-hydroxylation sites is 1. The standard InChI is InChI=1S/C21H20N6O4/c1-12(2)17(19-25-18(26-31-19)13-6-5-9-22-10-13)24-16(28)11-27-20(29)14-7-3-4-8-15(14)23-21(27)30/h3-10,12,17H,11H2,1-2H3,(H,23,30)(H,24,28). The fourth-order valence-electron chi connectivity index (χ4n) is 3.19. The van der Waals surface area contributed by atoms with E-state index in [1.807, 2.05) is 13.8 Å². The fourth-order valence-corrected chi connectivity index (χ4v) is 3.19. The number of pyridine rings is 1. The zero-order valence-electron chi connectivity index (χ0n) is 16.9. The van der Waals surface area contributed by atoms with Gasteiger partial charge in [-0.25, -0.2) is 4.79 Å². The Bertz CT molecular complexity index is 1340. The predicted molar refractivity (Wildman–Crippen MR) is 112 cm³/mol. The molecule has 0 spiro atoms. The number of H-pyrrole nitrogens is 1. The number of fused-ring (bicyclic) bond motifs is 1. The summed E-state index contributed by atoms with van der Waals surface area (Å²) in [5, 5.41) is 7.07. The van der Waals surface area contributed by atoms with Crippen LogP contribution in [0.25, 0.3) is 22.3 Å². The Balaban J connectivity index is 1.57. The highest BCUT2D eigenvalue weighted by atomic mass is 16.5. The molecule has 0 saturated carbocycles. The molecule has 0 fully saturated rings. The Morgan fingerprint density at radius 1 is 1.19 bits per heavy atom. The zero-order valence-corrected chi connectivity index (χ0v) is 16.9. The molecule has 4 aromatic rings. The van der Waals surface area contributed by atoms with Crippen LogP contribution >= 0.6 is 0 Å². The Hall–Kier alpha value is -4.08. The van der Waals surface area contributed by atoms with Gasteiger partial charge in [-0.2, -0.15) is 4.98 Å². The van der Waals surface area contributed by atoms with Crippen LogP contribution in [0.15, 0.2) is 62.9 Å². The van der Waals surface area contributed by atoms with E-state index in [1.165, 1.54) is 0 Å². The molecule has 158 valence electrons. The lowest BCUT2D eigenvalue weighted by atomic mass is 10.0. The van der Waals surface area contributed by atoms with Crippen molar-refractivity contribution >= 4 is 16.8 Å². The first-order chi connectivity index (χ1) is 14.9. The van der Waals surface area contributed by atoms with E-state index in [0.29, 0.717) is 22.3 Å². The lowest BCUT2D eigenvalue weighted by molar-refractivity contribution is -0.123. The van der Waals surface area contributed by atoms with Crippen molar-refractivity contribution in [3.63, 3.8) is 0 Å². The minimum Gasteiger partial charge on any atom is -0.342 e. The van der Waals surface area contributed by atoms with E-state index < -0.39 is 29.7 Å². The number of hydrogen-bond acceptors (Lipinski definition) is 7. The van der Waals surface area contributed by atoms with Gasteiger partial charge < -0.3 is 14.8 Å². The van der Waals surface area contributed by atoms with Gasteiger partial charge in [0.15, 0.2) is 0 Å². The third-order valence-corrected chi connectivity index (χ3v) is 4.80. The quantitative estimate of drug-likeness (QED) is 0.484. The Kier molecular flexibility index (Phi) is 5.44. The summed E-state index contributed by atoms with van der Waals surface area (Å²) in [4.78, 5) is 48.7. The van der Waals surface area contributed by atoms with E-state index >= 15 is 0 Å². The van der Waals surface area contributed by atoms with Gasteiger partial charge in [0, 0.05) is 18.0 Å². The normalized spacial score (nSPS) is 12.2. The first-order valence-electron chi connectivity index (χ1n) is 9.69. The average molecular weight is 420 g/mol. The molecule has 0 saturated heterocycles. The van der Waals surface area contributed by atoms with E-state index in [-0.39, 0.29) is 11.8 Å². The van der Waals surface area contributed by atoms with Crippen molar-refractivity contribution in [2.45, 2.75) is 26.4 Å². The molecule has 4 rings (SSSR count). The summed E-state index contributed by atoms with van der Waals surface area (Å²) in [7, 11) is 0. The number of aromatic amines is 1. The minimum atomic E-state index is -0.656. The molecule has 0 aliphatic carbocycles. The monoisotopic (exact) mass is 420 g/mol. The summed E-state index contributed by atoms with van der Waals surface area (Å²) >= 11 is 0. The van der Waals surface area contributed by atoms with Gasteiger partial charge in [-0.05, 0) is 30.2 Å². The maximum Gasteiger partial charge on any atom is 0.329 e. The van der Waals surface area contributed by atoms with Crippen LogP contribution < -0.4 is 16.6 Å². The van der Waals surface area contributed by atoms with Crippen LogP contribution in [0.3, 0.4) is 0 Å². The number of nitrogens with one attached hydrogen (secondary N) is 2. The number of carbonyl (C=O) groups excluding carboxylic acids is 1. The van der Waals surface area contributed by atoms with Crippen molar-refractivity contribution in [2.24, 2.45) is 5.92 Å².